The summed E-state index contributed by atoms with van der Waals surface area (Å²) in [6, 6.07) is 19.2. The van der Waals surface area contributed by atoms with E-state index < -0.39 is 0 Å². The molecule has 1 amide bonds. The minimum absolute atomic E-state index is 0.233. The van der Waals surface area contributed by atoms with Crippen molar-refractivity contribution in [3.63, 3.8) is 0 Å². The molecular formula is C22H16FN3O. The molecule has 2 aromatic heterocycles. The average molecular weight is 357 g/mol. The highest BCUT2D eigenvalue weighted by Gasteiger charge is 2.14. The highest BCUT2D eigenvalue weighted by molar-refractivity contribution is 6.07. The molecule has 0 aliphatic rings. The van der Waals surface area contributed by atoms with Crippen LogP contribution in [0.1, 0.15) is 15.9 Å². The van der Waals surface area contributed by atoms with Crippen molar-refractivity contribution in [1.82, 2.24) is 15.3 Å². The molecule has 4 aromatic rings. The van der Waals surface area contributed by atoms with Crippen molar-refractivity contribution >= 4 is 16.8 Å². The molecule has 0 fully saturated rings. The van der Waals surface area contributed by atoms with Crippen molar-refractivity contribution in [2.75, 3.05) is 0 Å². The Morgan fingerprint density at radius 2 is 1.89 bits per heavy atom. The number of carbonyl (C=O) groups excluding carboxylic acids is 1. The Morgan fingerprint density at radius 1 is 1.00 bits per heavy atom. The second kappa shape index (κ2) is 7.33. The second-order valence-electron chi connectivity index (χ2n) is 6.13. The number of hydrogen-bond acceptors (Lipinski definition) is 3. The summed E-state index contributed by atoms with van der Waals surface area (Å²) in [5.74, 6) is -0.557. The van der Waals surface area contributed by atoms with E-state index in [0.29, 0.717) is 16.8 Å². The summed E-state index contributed by atoms with van der Waals surface area (Å²) in [7, 11) is 0. The molecule has 132 valence electrons. The van der Waals surface area contributed by atoms with Gasteiger partial charge in [0, 0.05) is 29.9 Å². The molecule has 5 heteroatoms. The summed E-state index contributed by atoms with van der Waals surface area (Å²) >= 11 is 0. The van der Waals surface area contributed by atoms with Gasteiger partial charge in [-0.2, -0.15) is 0 Å². The largest absolute Gasteiger partial charge is 0.348 e. The minimum atomic E-state index is -0.324. The quantitative estimate of drug-likeness (QED) is 0.590. The van der Waals surface area contributed by atoms with Gasteiger partial charge in [0.25, 0.3) is 5.91 Å². The number of hydrogen-bond donors (Lipinski definition) is 1. The van der Waals surface area contributed by atoms with Crippen LogP contribution in [0.4, 0.5) is 4.39 Å². The average Bonchev–Trinajstić information content (AvgIpc) is 2.72. The van der Waals surface area contributed by atoms with Crippen molar-refractivity contribution in [2.45, 2.75) is 6.54 Å². The summed E-state index contributed by atoms with van der Waals surface area (Å²) in [6.45, 7) is 0.246. The molecule has 0 spiro atoms. The lowest BCUT2D eigenvalue weighted by Gasteiger charge is -2.11. The number of nitrogens with one attached hydrogen (secondary N) is 1. The maximum Gasteiger partial charge on any atom is 0.252 e. The zero-order valence-electron chi connectivity index (χ0n) is 14.4. The first kappa shape index (κ1) is 16.8. The molecular weight excluding hydrogens is 341 g/mol. The Labute approximate surface area is 155 Å². The number of halogens is 1. The molecule has 0 radical (unpaired) electrons. The maximum atomic E-state index is 13.3. The summed E-state index contributed by atoms with van der Waals surface area (Å²) in [5.41, 5.74) is 3.47. The zero-order valence-corrected chi connectivity index (χ0v) is 14.4. The van der Waals surface area contributed by atoms with Crippen LogP contribution in [0.3, 0.4) is 0 Å². The van der Waals surface area contributed by atoms with Crippen LogP contribution in [-0.2, 0) is 6.54 Å². The van der Waals surface area contributed by atoms with E-state index in [4.69, 9.17) is 0 Å². The third-order valence-corrected chi connectivity index (χ3v) is 4.26. The van der Waals surface area contributed by atoms with Gasteiger partial charge >= 0.3 is 0 Å². The summed E-state index contributed by atoms with van der Waals surface area (Å²) in [5, 5.41) is 3.63. The lowest BCUT2D eigenvalue weighted by molar-refractivity contribution is 0.0952. The number of pyridine rings is 2. The molecule has 2 heterocycles. The summed E-state index contributed by atoms with van der Waals surface area (Å²) in [6.07, 6.45) is 3.41. The highest BCUT2D eigenvalue weighted by Crippen LogP contribution is 2.24. The highest BCUT2D eigenvalue weighted by atomic mass is 19.1. The zero-order chi connectivity index (χ0) is 18.6. The van der Waals surface area contributed by atoms with E-state index in [1.807, 2.05) is 36.4 Å². The van der Waals surface area contributed by atoms with Gasteiger partial charge in [-0.05, 0) is 42.0 Å². The lowest BCUT2D eigenvalue weighted by Crippen LogP contribution is -2.23. The fourth-order valence-corrected chi connectivity index (χ4v) is 2.95. The Bertz CT molecular complexity index is 1110. The molecule has 4 nitrogen and oxygen atoms in total. The van der Waals surface area contributed by atoms with Crippen molar-refractivity contribution in [1.29, 1.82) is 0 Å². The molecule has 4 rings (SSSR count). The van der Waals surface area contributed by atoms with Gasteiger partial charge in [-0.3, -0.25) is 9.78 Å². The third-order valence-electron chi connectivity index (χ3n) is 4.26. The van der Waals surface area contributed by atoms with Crippen molar-refractivity contribution < 1.29 is 9.18 Å². The number of nitrogens with zero attached hydrogens (tertiary/aromatic N) is 2. The van der Waals surface area contributed by atoms with E-state index in [-0.39, 0.29) is 18.3 Å². The van der Waals surface area contributed by atoms with Crippen molar-refractivity contribution in [3.05, 3.63) is 96.1 Å². The molecule has 27 heavy (non-hydrogen) atoms. The van der Waals surface area contributed by atoms with E-state index in [9.17, 15) is 9.18 Å². The number of rotatable bonds is 4. The third kappa shape index (κ3) is 3.67. The van der Waals surface area contributed by atoms with Gasteiger partial charge in [0.15, 0.2) is 0 Å². The Morgan fingerprint density at radius 3 is 2.70 bits per heavy atom. The maximum absolute atomic E-state index is 13.3. The normalized spacial score (nSPS) is 10.7. The topological polar surface area (TPSA) is 54.9 Å². The molecule has 0 atom stereocenters. The van der Waals surface area contributed by atoms with Gasteiger partial charge in [0.2, 0.25) is 0 Å². The van der Waals surface area contributed by atoms with Crippen LogP contribution < -0.4 is 5.32 Å². The lowest BCUT2D eigenvalue weighted by atomic mass is 10.0. The van der Waals surface area contributed by atoms with Gasteiger partial charge < -0.3 is 5.32 Å². The van der Waals surface area contributed by atoms with Crippen molar-refractivity contribution in [2.24, 2.45) is 0 Å². The number of benzene rings is 2. The molecule has 0 saturated carbocycles. The SMILES string of the molecule is O=C(NCc1cccc(F)c1)c1cc(-c2cccnc2)nc2ccccc12. The Kier molecular flexibility index (Phi) is 4.58. The molecule has 0 unspecified atom stereocenters. The Balaban J connectivity index is 1.70. The Hall–Kier alpha value is -3.60. The first-order valence-corrected chi connectivity index (χ1v) is 8.53. The predicted molar refractivity (Wildman–Crippen MR) is 103 cm³/mol. The van der Waals surface area contributed by atoms with Gasteiger partial charge in [0.05, 0.1) is 16.8 Å². The van der Waals surface area contributed by atoms with Crippen LogP contribution in [0.5, 0.6) is 0 Å². The molecule has 0 aliphatic heterocycles. The number of para-hydroxylation sites is 1. The fraction of sp³-hybridized carbons (Fsp3) is 0.0455. The first-order chi connectivity index (χ1) is 13.2. The first-order valence-electron chi connectivity index (χ1n) is 8.53. The number of fused-ring (bicyclic) bond motifs is 1. The standard InChI is InChI=1S/C22H16FN3O/c23-17-7-3-5-15(11-17)13-25-22(27)19-12-21(16-6-4-10-24-14-16)26-20-9-2-1-8-18(19)20/h1-12,14H,13H2,(H,25,27). The number of carbonyl (C=O) groups is 1. The molecule has 0 saturated heterocycles. The van der Waals surface area contributed by atoms with Crippen LogP contribution in [0, 0.1) is 5.82 Å². The van der Waals surface area contributed by atoms with Crippen LogP contribution in [-0.4, -0.2) is 15.9 Å². The number of aromatic nitrogens is 2. The minimum Gasteiger partial charge on any atom is -0.348 e. The summed E-state index contributed by atoms with van der Waals surface area (Å²) in [4.78, 5) is 21.6. The van der Waals surface area contributed by atoms with E-state index in [2.05, 4.69) is 15.3 Å². The molecule has 1 N–H and O–H groups in total. The van der Waals surface area contributed by atoms with E-state index >= 15 is 0 Å². The van der Waals surface area contributed by atoms with E-state index in [1.165, 1.54) is 12.1 Å². The van der Waals surface area contributed by atoms with Crippen LogP contribution in [0.25, 0.3) is 22.2 Å². The van der Waals surface area contributed by atoms with Crippen LogP contribution >= 0.6 is 0 Å². The van der Waals surface area contributed by atoms with E-state index in [1.54, 1.807) is 30.6 Å². The van der Waals surface area contributed by atoms with Gasteiger partial charge in [0.1, 0.15) is 5.82 Å². The molecule has 0 aliphatic carbocycles. The monoisotopic (exact) mass is 357 g/mol. The molecule has 2 aromatic carbocycles. The smallest absolute Gasteiger partial charge is 0.252 e. The van der Waals surface area contributed by atoms with Gasteiger partial charge in [-0.1, -0.05) is 30.3 Å². The van der Waals surface area contributed by atoms with Crippen LogP contribution in [0.2, 0.25) is 0 Å². The fourth-order valence-electron chi connectivity index (χ4n) is 2.95. The predicted octanol–water partition coefficient (Wildman–Crippen LogP) is 4.37. The number of amides is 1. The van der Waals surface area contributed by atoms with E-state index in [0.717, 1.165) is 16.5 Å². The van der Waals surface area contributed by atoms with Crippen molar-refractivity contribution in [3.8, 4) is 11.3 Å². The van der Waals surface area contributed by atoms with Crippen LogP contribution in [0.15, 0.2) is 79.1 Å². The second-order valence-corrected chi connectivity index (χ2v) is 6.13. The summed E-state index contributed by atoms with van der Waals surface area (Å²) < 4.78 is 13.3. The molecule has 0 bridgehead atoms. The van der Waals surface area contributed by atoms with Gasteiger partial charge in [-0.25, -0.2) is 9.37 Å². The van der Waals surface area contributed by atoms with Gasteiger partial charge in [-0.15, -0.1) is 0 Å².